The minimum atomic E-state index is -1.11. The maximum atomic E-state index is 13.8. The summed E-state index contributed by atoms with van der Waals surface area (Å²) in [6.45, 7) is 1.56. The molecule has 2 N–H and O–H groups in total. The van der Waals surface area contributed by atoms with Gasteiger partial charge in [0, 0.05) is 22.5 Å². The fourth-order valence-corrected chi connectivity index (χ4v) is 3.43. The summed E-state index contributed by atoms with van der Waals surface area (Å²) in [6.07, 6.45) is -0.374. The van der Waals surface area contributed by atoms with Crippen LogP contribution in [-0.2, 0) is 11.2 Å². The molecule has 6 nitrogen and oxygen atoms in total. The predicted octanol–water partition coefficient (Wildman–Crippen LogP) is 3.04. The molecule has 2 aromatic heterocycles. The van der Waals surface area contributed by atoms with Gasteiger partial charge >= 0.3 is 5.97 Å². The van der Waals surface area contributed by atoms with Crippen molar-refractivity contribution in [2.24, 2.45) is 0 Å². The van der Waals surface area contributed by atoms with Crippen molar-refractivity contribution < 1.29 is 24.2 Å². The Bertz CT molecular complexity index is 1070. The summed E-state index contributed by atoms with van der Waals surface area (Å²) in [5, 5.41) is 29.4. The van der Waals surface area contributed by atoms with Crippen molar-refractivity contribution in [3.8, 4) is 11.8 Å². The van der Waals surface area contributed by atoms with Gasteiger partial charge < -0.3 is 10.2 Å². The topological polar surface area (TPSA) is 103 Å². The molecule has 0 unspecified atom stereocenters. The SMILES string of the molecule is Cc1c(CC(=O)O)c2cc(O)c(F)cc2n1C(=O)c1csc(C#N)c1. The number of carbonyl (C=O) groups excluding carboxylic acids is 1. The number of benzene rings is 1. The summed E-state index contributed by atoms with van der Waals surface area (Å²) >= 11 is 1.10. The van der Waals surface area contributed by atoms with Gasteiger partial charge in [0.1, 0.15) is 10.9 Å². The molecule has 0 spiro atoms. The summed E-state index contributed by atoms with van der Waals surface area (Å²) < 4.78 is 15.0. The van der Waals surface area contributed by atoms with Crippen LogP contribution in [0.25, 0.3) is 10.9 Å². The minimum Gasteiger partial charge on any atom is -0.505 e. The zero-order valence-electron chi connectivity index (χ0n) is 12.9. The number of phenols is 1. The zero-order valence-corrected chi connectivity index (χ0v) is 13.7. The Morgan fingerprint density at radius 1 is 1.36 bits per heavy atom. The van der Waals surface area contributed by atoms with Crippen LogP contribution in [0.5, 0.6) is 5.75 Å². The van der Waals surface area contributed by atoms with Gasteiger partial charge in [-0.05, 0) is 24.6 Å². The normalized spacial score (nSPS) is 10.8. The van der Waals surface area contributed by atoms with Crippen LogP contribution in [0.4, 0.5) is 4.39 Å². The average molecular weight is 358 g/mol. The molecule has 2 heterocycles. The molecule has 126 valence electrons. The second kappa shape index (κ2) is 6.03. The average Bonchev–Trinajstić information content (AvgIpc) is 3.12. The van der Waals surface area contributed by atoms with Crippen molar-refractivity contribution in [1.29, 1.82) is 5.26 Å². The van der Waals surface area contributed by atoms with E-state index in [0.717, 1.165) is 23.5 Å². The monoisotopic (exact) mass is 358 g/mol. The van der Waals surface area contributed by atoms with Crippen LogP contribution >= 0.6 is 11.3 Å². The standard InChI is InChI=1S/C17H11FN2O4S/c1-8-11(4-16(22)23)12-3-15(21)13(18)5-14(12)20(8)17(24)9-2-10(6-19)25-7-9/h2-3,5,7,21H,4H2,1H3,(H,22,23). The van der Waals surface area contributed by atoms with E-state index in [1.54, 1.807) is 6.92 Å². The van der Waals surface area contributed by atoms with E-state index in [2.05, 4.69) is 0 Å². The van der Waals surface area contributed by atoms with Gasteiger partial charge in [0.05, 0.1) is 17.5 Å². The lowest BCUT2D eigenvalue weighted by molar-refractivity contribution is -0.136. The second-order valence-electron chi connectivity index (χ2n) is 5.41. The Morgan fingerprint density at radius 2 is 2.08 bits per heavy atom. The van der Waals surface area contributed by atoms with Gasteiger partial charge in [-0.2, -0.15) is 5.26 Å². The summed E-state index contributed by atoms with van der Waals surface area (Å²) in [7, 11) is 0. The number of phenolic OH excluding ortho intramolecular Hbond substituents is 1. The van der Waals surface area contributed by atoms with Gasteiger partial charge in [0.25, 0.3) is 5.91 Å². The molecule has 0 aliphatic heterocycles. The molecule has 0 aliphatic carbocycles. The van der Waals surface area contributed by atoms with E-state index >= 15 is 0 Å². The predicted molar refractivity (Wildman–Crippen MR) is 88.4 cm³/mol. The summed E-state index contributed by atoms with van der Waals surface area (Å²) in [5.41, 5.74) is 1.08. The number of halogens is 1. The zero-order chi connectivity index (χ0) is 18.3. The highest BCUT2D eigenvalue weighted by Crippen LogP contribution is 2.32. The molecule has 0 saturated carbocycles. The van der Waals surface area contributed by atoms with Crippen molar-refractivity contribution in [3.05, 3.63) is 51.1 Å². The van der Waals surface area contributed by atoms with Crippen LogP contribution in [0.15, 0.2) is 23.6 Å². The Labute approximate surface area is 145 Å². The lowest BCUT2D eigenvalue weighted by Crippen LogP contribution is -2.13. The molecule has 8 heteroatoms. The molecule has 0 amide bonds. The number of fused-ring (bicyclic) bond motifs is 1. The molecule has 3 aromatic rings. The highest BCUT2D eigenvalue weighted by Gasteiger charge is 2.23. The third kappa shape index (κ3) is 2.75. The van der Waals surface area contributed by atoms with Crippen LogP contribution < -0.4 is 0 Å². The first-order valence-corrected chi connectivity index (χ1v) is 7.99. The number of nitriles is 1. The van der Waals surface area contributed by atoms with Crippen molar-refractivity contribution in [2.45, 2.75) is 13.3 Å². The van der Waals surface area contributed by atoms with Crippen LogP contribution in [0.1, 0.15) is 26.5 Å². The number of carboxylic acids is 1. The number of hydrogen-bond acceptors (Lipinski definition) is 5. The van der Waals surface area contributed by atoms with Gasteiger partial charge in [0.15, 0.2) is 11.6 Å². The molecule has 1 aromatic carbocycles. The van der Waals surface area contributed by atoms with Crippen LogP contribution in [0.2, 0.25) is 0 Å². The minimum absolute atomic E-state index is 0.166. The van der Waals surface area contributed by atoms with Crippen molar-refractivity contribution in [1.82, 2.24) is 4.57 Å². The molecule has 0 aliphatic rings. The van der Waals surface area contributed by atoms with E-state index in [4.69, 9.17) is 10.4 Å². The number of hydrogen-bond donors (Lipinski definition) is 2. The number of aromatic nitrogens is 1. The molecular weight excluding hydrogens is 347 g/mol. The van der Waals surface area contributed by atoms with Crippen molar-refractivity contribution >= 4 is 34.1 Å². The Kier molecular flexibility index (Phi) is 4.02. The Hall–Kier alpha value is -3.18. The largest absolute Gasteiger partial charge is 0.505 e. The quantitative estimate of drug-likeness (QED) is 0.749. The fraction of sp³-hybridized carbons (Fsp3) is 0.118. The lowest BCUT2D eigenvalue weighted by Gasteiger charge is -2.06. The third-order valence-electron chi connectivity index (χ3n) is 3.89. The molecule has 0 radical (unpaired) electrons. The number of rotatable bonds is 3. The number of carbonyl (C=O) groups is 2. The van der Waals surface area contributed by atoms with E-state index < -0.39 is 23.4 Å². The molecule has 25 heavy (non-hydrogen) atoms. The maximum absolute atomic E-state index is 13.8. The smallest absolute Gasteiger partial charge is 0.307 e. The lowest BCUT2D eigenvalue weighted by atomic mass is 10.1. The summed E-state index contributed by atoms with van der Waals surface area (Å²) in [6, 6.07) is 5.48. The fourth-order valence-electron chi connectivity index (χ4n) is 2.76. The Balaban J connectivity index is 2.28. The van der Waals surface area contributed by atoms with E-state index in [-0.39, 0.29) is 17.5 Å². The van der Waals surface area contributed by atoms with Crippen LogP contribution in [-0.4, -0.2) is 26.7 Å². The van der Waals surface area contributed by atoms with Gasteiger partial charge in [-0.25, -0.2) is 4.39 Å². The maximum Gasteiger partial charge on any atom is 0.307 e. The number of aliphatic carboxylic acids is 1. The van der Waals surface area contributed by atoms with Gasteiger partial charge in [-0.15, -0.1) is 11.3 Å². The van der Waals surface area contributed by atoms with Gasteiger partial charge in [-0.3, -0.25) is 14.2 Å². The first-order valence-electron chi connectivity index (χ1n) is 7.11. The Morgan fingerprint density at radius 3 is 2.68 bits per heavy atom. The van der Waals surface area contributed by atoms with E-state index in [1.165, 1.54) is 16.0 Å². The van der Waals surface area contributed by atoms with Crippen molar-refractivity contribution in [3.63, 3.8) is 0 Å². The number of thiophene rings is 1. The molecule has 0 bridgehead atoms. The summed E-state index contributed by atoms with van der Waals surface area (Å²) in [4.78, 5) is 24.3. The highest BCUT2D eigenvalue weighted by molar-refractivity contribution is 7.10. The van der Waals surface area contributed by atoms with Crippen LogP contribution in [0.3, 0.4) is 0 Å². The molecular formula is C17H11FN2O4S. The van der Waals surface area contributed by atoms with Gasteiger partial charge in [-0.1, -0.05) is 0 Å². The number of aromatic hydroxyl groups is 1. The summed E-state index contributed by atoms with van der Waals surface area (Å²) in [5.74, 6) is -3.14. The van der Waals surface area contributed by atoms with Gasteiger partial charge in [0.2, 0.25) is 0 Å². The second-order valence-corrected chi connectivity index (χ2v) is 6.32. The third-order valence-corrected chi connectivity index (χ3v) is 4.73. The van der Waals surface area contributed by atoms with E-state index in [9.17, 15) is 19.1 Å². The number of nitrogens with zero attached hydrogens (tertiary/aromatic N) is 2. The molecule has 0 saturated heterocycles. The highest BCUT2D eigenvalue weighted by atomic mass is 32.1. The molecule has 0 fully saturated rings. The first-order chi connectivity index (χ1) is 11.8. The van der Waals surface area contributed by atoms with E-state index in [1.807, 2.05) is 6.07 Å². The molecule has 3 rings (SSSR count). The van der Waals surface area contributed by atoms with E-state index in [0.29, 0.717) is 21.5 Å². The van der Waals surface area contributed by atoms with Crippen LogP contribution in [0, 0.1) is 24.1 Å². The first kappa shape index (κ1) is 16.7. The molecule has 0 atom stereocenters. The van der Waals surface area contributed by atoms with Crippen molar-refractivity contribution in [2.75, 3.05) is 0 Å². The number of carboxylic acid groups (broad SMARTS) is 1.